The quantitative estimate of drug-likeness (QED) is 0.840. The first-order chi connectivity index (χ1) is 9.84. The lowest BCUT2D eigenvalue weighted by Gasteiger charge is -2.30. The molecule has 4 nitrogen and oxygen atoms in total. The van der Waals surface area contributed by atoms with Crippen LogP contribution in [0.3, 0.4) is 0 Å². The normalized spacial score (nSPS) is 17.0. The van der Waals surface area contributed by atoms with Crippen molar-refractivity contribution in [1.82, 2.24) is 4.31 Å². The van der Waals surface area contributed by atoms with Crippen LogP contribution >= 0.6 is 11.6 Å². The van der Waals surface area contributed by atoms with Crippen LogP contribution in [0.2, 0.25) is 5.02 Å². The highest BCUT2D eigenvalue weighted by atomic mass is 35.5. The van der Waals surface area contributed by atoms with E-state index in [4.69, 9.17) is 17.3 Å². The summed E-state index contributed by atoms with van der Waals surface area (Å²) in [4.78, 5) is 0.0548. The number of rotatable bonds is 5. The monoisotopic (exact) mass is 330 g/mol. The smallest absolute Gasteiger partial charge is 0.246 e. The Morgan fingerprint density at radius 3 is 2.48 bits per heavy atom. The third-order valence-corrected chi connectivity index (χ3v) is 6.30. The Bertz CT molecular complexity index is 575. The zero-order valence-corrected chi connectivity index (χ0v) is 14.1. The summed E-state index contributed by atoms with van der Waals surface area (Å²) in [7, 11) is -3.66. The third-order valence-electron chi connectivity index (χ3n) is 3.84. The van der Waals surface area contributed by atoms with Crippen LogP contribution in [0.1, 0.15) is 39.5 Å². The number of nitrogens with zero attached hydrogens (tertiary/aromatic N) is 1. The van der Waals surface area contributed by atoms with Gasteiger partial charge in [0.1, 0.15) is 4.90 Å². The maximum absolute atomic E-state index is 13.1. The lowest BCUT2D eigenvalue weighted by atomic mass is 10.2. The summed E-state index contributed by atoms with van der Waals surface area (Å²) in [5.74, 6) is 0.254. The minimum Gasteiger partial charge on any atom is -0.398 e. The van der Waals surface area contributed by atoms with E-state index in [9.17, 15) is 8.42 Å². The van der Waals surface area contributed by atoms with E-state index in [0.29, 0.717) is 6.54 Å². The number of hydrogen-bond acceptors (Lipinski definition) is 3. The van der Waals surface area contributed by atoms with Crippen LogP contribution in [0.5, 0.6) is 0 Å². The second-order valence-electron chi connectivity index (χ2n) is 6.07. The molecule has 1 aliphatic carbocycles. The first-order valence-corrected chi connectivity index (χ1v) is 9.21. The summed E-state index contributed by atoms with van der Waals surface area (Å²) in [6.45, 7) is 4.54. The molecule has 0 heterocycles. The van der Waals surface area contributed by atoms with Crippen LogP contribution in [-0.4, -0.2) is 25.3 Å². The fraction of sp³-hybridized carbons (Fsp3) is 0.600. The Kier molecular flexibility index (Phi) is 5.17. The molecule has 1 saturated carbocycles. The molecule has 21 heavy (non-hydrogen) atoms. The van der Waals surface area contributed by atoms with E-state index >= 15 is 0 Å². The maximum atomic E-state index is 13.1. The zero-order valence-electron chi connectivity index (χ0n) is 12.5. The van der Waals surface area contributed by atoms with Crippen LogP contribution < -0.4 is 5.73 Å². The van der Waals surface area contributed by atoms with Crippen molar-refractivity contribution >= 4 is 27.3 Å². The van der Waals surface area contributed by atoms with Gasteiger partial charge in [-0.05, 0) is 30.9 Å². The lowest BCUT2D eigenvalue weighted by Crippen LogP contribution is -2.41. The van der Waals surface area contributed by atoms with Gasteiger partial charge in [-0.25, -0.2) is 8.42 Å². The Balaban J connectivity index is 2.46. The van der Waals surface area contributed by atoms with E-state index in [0.717, 1.165) is 25.7 Å². The molecule has 2 N–H and O–H groups in total. The van der Waals surface area contributed by atoms with E-state index in [2.05, 4.69) is 0 Å². The van der Waals surface area contributed by atoms with E-state index in [1.807, 2.05) is 13.8 Å². The molecule has 0 amide bonds. The molecular formula is C15H23ClN2O2S. The average Bonchev–Trinajstić information content (AvgIpc) is 2.88. The molecule has 1 aliphatic rings. The largest absolute Gasteiger partial charge is 0.398 e. The highest BCUT2D eigenvalue weighted by Gasteiger charge is 2.35. The summed E-state index contributed by atoms with van der Waals surface area (Å²) in [6.07, 6.45) is 3.98. The molecule has 1 aromatic carbocycles. The Morgan fingerprint density at radius 2 is 1.95 bits per heavy atom. The molecular weight excluding hydrogens is 308 g/mol. The van der Waals surface area contributed by atoms with Crippen molar-refractivity contribution < 1.29 is 8.42 Å². The second-order valence-corrected chi connectivity index (χ2v) is 8.30. The molecule has 1 fully saturated rings. The Labute approximate surface area is 132 Å². The van der Waals surface area contributed by atoms with Crippen molar-refractivity contribution in [2.75, 3.05) is 12.3 Å². The van der Waals surface area contributed by atoms with Gasteiger partial charge in [0, 0.05) is 12.6 Å². The number of sulfonamides is 1. The molecule has 6 heteroatoms. The number of nitrogens with two attached hydrogens (primary N) is 1. The molecule has 0 bridgehead atoms. The molecule has 118 valence electrons. The SMILES string of the molecule is CC(C)CN(C1CCCC1)S(=O)(=O)c1c(N)cccc1Cl. The molecule has 0 saturated heterocycles. The molecule has 0 radical (unpaired) electrons. The van der Waals surface area contributed by atoms with Gasteiger partial charge in [-0.3, -0.25) is 0 Å². The second kappa shape index (κ2) is 6.55. The van der Waals surface area contributed by atoms with E-state index in [1.165, 1.54) is 0 Å². The van der Waals surface area contributed by atoms with Crippen molar-refractivity contribution in [2.45, 2.75) is 50.5 Å². The van der Waals surface area contributed by atoms with Gasteiger partial charge in [-0.2, -0.15) is 4.31 Å². The topological polar surface area (TPSA) is 63.4 Å². The predicted molar refractivity (Wildman–Crippen MR) is 86.9 cm³/mol. The lowest BCUT2D eigenvalue weighted by molar-refractivity contribution is 0.292. The first kappa shape index (κ1) is 16.6. The van der Waals surface area contributed by atoms with Gasteiger partial charge in [-0.1, -0.05) is 44.4 Å². The molecule has 2 rings (SSSR count). The van der Waals surface area contributed by atoms with Crippen LogP contribution in [0.25, 0.3) is 0 Å². The van der Waals surface area contributed by atoms with Crippen molar-refractivity contribution in [2.24, 2.45) is 5.92 Å². The molecule has 0 unspecified atom stereocenters. The summed E-state index contributed by atoms with van der Waals surface area (Å²) in [5.41, 5.74) is 6.10. The molecule has 0 atom stereocenters. The third kappa shape index (κ3) is 3.52. The first-order valence-electron chi connectivity index (χ1n) is 7.40. The number of hydrogen-bond donors (Lipinski definition) is 1. The number of anilines is 1. The minimum absolute atomic E-state index is 0.0548. The number of nitrogen functional groups attached to an aromatic ring is 1. The van der Waals surface area contributed by atoms with Gasteiger partial charge in [0.15, 0.2) is 0 Å². The molecule has 0 spiro atoms. The maximum Gasteiger partial charge on any atom is 0.246 e. The standard InChI is InChI=1S/C15H23ClN2O2S/c1-11(2)10-18(12-6-3-4-7-12)21(19,20)15-13(16)8-5-9-14(15)17/h5,8-9,11-12H,3-4,6-7,10,17H2,1-2H3. The van der Waals surface area contributed by atoms with Crippen LogP contribution in [-0.2, 0) is 10.0 Å². The van der Waals surface area contributed by atoms with E-state index in [1.54, 1.807) is 22.5 Å². The van der Waals surface area contributed by atoms with Crippen molar-refractivity contribution in [3.05, 3.63) is 23.2 Å². The van der Waals surface area contributed by atoms with Gasteiger partial charge in [0.2, 0.25) is 10.0 Å². The highest BCUT2D eigenvalue weighted by molar-refractivity contribution is 7.89. The number of benzene rings is 1. The van der Waals surface area contributed by atoms with Crippen LogP contribution in [0.4, 0.5) is 5.69 Å². The van der Waals surface area contributed by atoms with E-state index in [-0.39, 0.29) is 27.6 Å². The average molecular weight is 331 g/mol. The van der Waals surface area contributed by atoms with E-state index < -0.39 is 10.0 Å². The minimum atomic E-state index is -3.66. The van der Waals surface area contributed by atoms with Gasteiger partial charge in [0.05, 0.1) is 10.7 Å². The van der Waals surface area contributed by atoms with Crippen molar-refractivity contribution in [3.8, 4) is 0 Å². The van der Waals surface area contributed by atoms with Crippen LogP contribution in [0.15, 0.2) is 23.1 Å². The Hall–Kier alpha value is -0.780. The Morgan fingerprint density at radius 1 is 1.33 bits per heavy atom. The highest BCUT2D eigenvalue weighted by Crippen LogP contribution is 2.34. The molecule has 0 aliphatic heterocycles. The van der Waals surface area contributed by atoms with Gasteiger partial charge >= 0.3 is 0 Å². The summed E-state index contributed by atoms with van der Waals surface area (Å²) < 4.78 is 27.7. The molecule has 1 aromatic rings. The van der Waals surface area contributed by atoms with Crippen molar-refractivity contribution in [1.29, 1.82) is 0 Å². The summed E-state index contributed by atoms with van der Waals surface area (Å²) in [5, 5.41) is 0.196. The summed E-state index contributed by atoms with van der Waals surface area (Å²) >= 11 is 6.12. The van der Waals surface area contributed by atoms with Gasteiger partial charge in [-0.15, -0.1) is 0 Å². The predicted octanol–water partition coefficient (Wildman–Crippen LogP) is 3.51. The van der Waals surface area contributed by atoms with Crippen LogP contribution in [0, 0.1) is 5.92 Å². The zero-order chi connectivity index (χ0) is 15.6. The molecule has 0 aromatic heterocycles. The summed E-state index contributed by atoms with van der Waals surface area (Å²) in [6, 6.07) is 4.89. The number of halogens is 1. The van der Waals surface area contributed by atoms with Gasteiger partial charge in [0.25, 0.3) is 0 Å². The van der Waals surface area contributed by atoms with Crippen molar-refractivity contribution in [3.63, 3.8) is 0 Å². The van der Waals surface area contributed by atoms with Gasteiger partial charge < -0.3 is 5.73 Å². The fourth-order valence-corrected chi connectivity index (χ4v) is 5.40. The fourth-order valence-electron chi connectivity index (χ4n) is 2.91.